The number of halogens is 1. The van der Waals surface area contributed by atoms with Crippen LogP contribution in [0.3, 0.4) is 0 Å². The summed E-state index contributed by atoms with van der Waals surface area (Å²) in [4.78, 5) is 59.3. The van der Waals surface area contributed by atoms with E-state index in [1.54, 1.807) is 12.1 Å². The number of phenols is 1. The van der Waals surface area contributed by atoms with E-state index >= 15 is 0 Å². The van der Waals surface area contributed by atoms with Crippen LogP contribution in [0.15, 0.2) is 68.9 Å². The molecule has 1 saturated heterocycles. The average Bonchev–Trinajstić information content (AvgIpc) is 3.14. The van der Waals surface area contributed by atoms with Gasteiger partial charge in [-0.1, -0.05) is 24.3 Å². The number of hydrogen-bond donors (Lipinski definition) is 2. The number of fused-ring (bicyclic) bond motifs is 1. The molecule has 1 fully saturated rings. The topological polar surface area (TPSA) is 141 Å². The van der Waals surface area contributed by atoms with E-state index in [2.05, 4.69) is 42.8 Å². The van der Waals surface area contributed by atoms with E-state index in [-0.39, 0.29) is 24.2 Å². The number of nitrogens with one attached hydrogen (secondary N) is 1. The number of aromatic hydroxyl groups is 1. The maximum Gasteiger partial charge on any atom is 0.410 e. The second-order valence-corrected chi connectivity index (χ2v) is 10.1. The van der Waals surface area contributed by atoms with Crippen molar-refractivity contribution < 1.29 is 29.0 Å². The van der Waals surface area contributed by atoms with Gasteiger partial charge in [-0.25, -0.2) is 14.4 Å². The van der Waals surface area contributed by atoms with E-state index in [0.29, 0.717) is 42.5 Å². The van der Waals surface area contributed by atoms with Crippen LogP contribution in [-0.4, -0.2) is 82.4 Å². The highest BCUT2D eigenvalue weighted by Crippen LogP contribution is 2.27. The fraction of sp³-hybridized carbons (Fsp3) is 0.310. The number of aliphatic imine (C=N–C) groups is 2. The van der Waals surface area contributed by atoms with Crippen LogP contribution < -0.4 is 5.32 Å². The molecule has 41 heavy (non-hydrogen) atoms. The highest BCUT2D eigenvalue weighted by molar-refractivity contribution is 9.10. The maximum atomic E-state index is 13.1. The van der Waals surface area contributed by atoms with Gasteiger partial charge in [-0.3, -0.25) is 4.79 Å². The summed E-state index contributed by atoms with van der Waals surface area (Å²) in [6, 6.07) is 12.2. The molecule has 0 saturated carbocycles. The standard InChI is InChI=1S/C29H26BrN5O6/c30-23-18-20(6-7-25(23)37)19-26(27(38)32-12-3-11-31-13-17-36)41-29(40)34-14-9-22(10-15-34)35-16-8-21-4-1-2-5-24(21)33-28(35)39/h1-2,4-7,11,18,22,26,37H,8-10,14-16,19H2,(H,33,39)/t26-/m1/s1. The third kappa shape index (κ3) is 7.93. The van der Waals surface area contributed by atoms with Crippen LogP contribution in [0.1, 0.15) is 24.0 Å². The number of piperidine rings is 1. The van der Waals surface area contributed by atoms with Crippen LogP contribution in [0.2, 0.25) is 0 Å². The summed E-state index contributed by atoms with van der Waals surface area (Å²) in [5.74, 6) is 4.73. The molecule has 4 amide bonds. The Morgan fingerprint density at radius 2 is 1.95 bits per heavy atom. The Hall–Kier alpha value is -4.68. The lowest BCUT2D eigenvalue weighted by Crippen LogP contribution is -2.50. The van der Waals surface area contributed by atoms with Crippen LogP contribution in [0.4, 0.5) is 15.3 Å². The quantitative estimate of drug-likeness (QED) is 0.287. The first kappa shape index (κ1) is 29.3. The van der Waals surface area contributed by atoms with Crippen molar-refractivity contribution in [2.24, 2.45) is 9.98 Å². The molecule has 1 atom stereocenters. The van der Waals surface area contributed by atoms with Crippen LogP contribution in [-0.2, 0) is 27.2 Å². The molecule has 0 aromatic heterocycles. The first-order valence-corrected chi connectivity index (χ1v) is 13.6. The number of nitrogens with zero attached hydrogens (tertiary/aromatic N) is 4. The van der Waals surface area contributed by atoms with Crippen LogP contribution in [0, 0.1) is 0 Å². The Morgan fingerprint density at radius 3 is 2.71 bits per heavy atom. The summed E-state index contributed by atoms with van der Waals surface area (Å²) in [5, 5.41) is 12.8. The van der Waals surface area contributed by atoms with Gasteiger partial charge in [-0.15, -0.1) is 0 Å². The minimum Gasteiger partial charge on any atom is -0.507 e. The van der Waals surface area contributed by atoms with Gasteiger partial charge in [-0.2, -0.15) is 9.98 Å². The Morgan fingerprint density at radius 1 is 1.17 bits per heavy atom. The fourth-order valence-electron chi connectivity index (χ4n) is 4.64. The molecule has 4 rings (SSSR count). The van der Waals surface area contributed by atoms with Gasteiger partial charge >= 0.3 is 12.1 Å². The Bertz CT molecular complexity index is 1510. The second kappa shape index (κ2) is 14.1. The zero-order chi connectivity index (χ0) is 29.2. The van der Waals surface area contributed by atoms with E-state index in [4.69, 9.17) is 4.74 Å². The van der Waals surface area contributed by atoms with Crippen molar-refractivity contribution in [3.05, 3.63) is 70.0 Å². The average molecular weight is 620 g/mol. The molecule has 11 nitrogen and oxygen atoms in total. The van der Waals surface area contributed by atoms with E-state index in [1.165, 1.54) is 16.9 Å². The van der Waals surface area contributed by atoms with Crippen molar-refractivity contribution in [2.45, 2.75) is 37.8 Å². The molecule has 0 radical (unpaired) electrons. The molecule has 0 aliphatic carbocycles. The Kier molecular flexibility index (Phi) is 10.1. The van der Waals surface area contributed by atoms with Gasteiger partial charge in [0, 0.05) is 43.7 Å². The molecular weight excluding hydrogens is 594 g/mol. The molecular formula is C29H26BrN5O6. The van der Waals surface area contributed by atoms with Crippen LogP contribution in [0.25, 0.3) is 0 Å². The number of para-hydroxylation sites is 1. The molecule has 2 aliphatic rings. The number of amides is 4. The molecule has 2 N–H and O–H groups in total. The highest BCUT2D eigenvalue weighted by atomic mass is 79.9. The van der Waals surface area contributed by atoms with E-state index < -0.39 is 18.1 Å². The number of likely N-dealkylation sites (tertiary alicyclic amines) is 1. The van der Waals surface area contributed by atoms with E-state index in [1.807, 2.05) is 35.0 Å². The molecule has 2 heterocycles. The van der Waals surface area contributed by atoms with E-state index in [9.17, 15) is 24.3 Å². The van der Waals surface area contributed by atoms with Crippen molar-refractivity contribution in [2.75, 3.05) is 25.0 Å². The minimum absolute atomic E-state index is 0.00461. The molecule has 210 valence electrons. The minimum atomic E-state index is -1.28. The first-order valence-electron chi connectivity index (χ1n) is 12.8. The zero-order valence-corrected chi connectivity index (χ0v) is 23.5. The van der Waals surface area contributed by atoms with Gasteiger partial charge < -0.3 is 25.0 Å². The second-order valence-electron chi connectivity index (χ2n) is 9.29. The number of carbonyl (C=O) groups is 3. The molecule has 0 bridgehead atoms. The van der Waals surface area contributed by atoms with Crippen LogP contribution in [0.5, 0.6) is 5.75 Å². The lowest BCUT2D eigenvalue weighted by molar-refractivity contribution is -0.126. The molecule has 12 heteroatoms. The number of hydrogen-bond acceptors (Lipinski definition) is 7. The van der Waals surface area contributed by atoms with Crippen molar-refractivity contribution in [1.29, 1.82) is 0 Å². The number of benzene rings is 2. The number of rotatable bonds is 6. The lowest BCUT2D eigenvalue weighted by Gasteiger charge is -2.37. The van der Waals surface area contributed by atoms with Gasteiger partial charge in [0.15, 0.2) is 12.0 Å². The number of ether oxygens (including phenoxy) is 1. The molecule has 2 aromatic carbocycles. The summed E-state index contributed by atoms with van der Waals surface area (Å²) in [6.45, 7) is 1.27. The van der Waals surface area contributed by atoms with Crippen molar-refractivity contribution >= 4 is 57.3 Å². The van der Waals surface area contributed by atoms with E-state index in [0.717, 1.165) is 23.9 Å². The highest BCUT2D eigenvalue weighted by Gasteiger charge is 2.33. The van der Waals surface area contributed by atoms with Gasteiger partial charge in [0.1, 0.15) is 5.75 Å². The first-order chi connectivity index (χ1) is 19.9. The van der Waals surface area contributed by atoms with Crippen molar-refractivity contribution in [3.63, 3.8) is 0 Å². The van der Waals surface area contributed by atoms with Crippen LogP contribution >= 0.6 is 15.9 Å². The summed E-state index contributed by atoms with van der Waals surface area (Å²) in [6.07, 6.45) is 0.913. The SMILES string of the molecule is O=C=C=NC=C=C=NC(=O)[C@@H](Cc1ccc(O)c(Br)c1)OC(=O)N1CCC(N2CCc3ccccc3NC2=O)CC1. The lowest BCUT2D eigenvalue weighted by atomic mass is 10.0. The molecule has 2 aliphatic heterocycles. The predicted molar refractivity (Wildman–Crippen MR) is 154 cm³/mol. The van der Waals surface area contributed by atoms with Crippen molar-refractivity contribution in [1.82, 2.24) is 9.80 Å². The van der Waals surface area contributed by atoms with Gasteiger partial charge in [0.2, 0.25) is 0 Å². The monoisotopic (exact) mass is 619 g/mol. The summed E-state index contributed by atoms with van der Waals surface area (Å²) in [7, 11) is 0. The molecule has 0 unspecified atom stereocenters. The largest absolute Gasteiger partial charge is 0.507 e. The third-order valence-corrected chi connectivity index (χ3v) is 7.36. The van der Waals surface area contributed by atoms with Gasteiger partial charge in [0.25, 0.3) is 5.91 Å². The fourth-order valence-corrected chi connectivity index (χ4v) is 5.07. The Balaban J connectivity index is 1.41. The van der Waals surface area contributed by atoms with Gasteiger partial charge in [0.05, 0.1) is 16.5 Å². The van der Waals surface area contributed by atoms with Gasteiger partial charge in [-0.05, 0) is 70.2 Å². The number of carbonyl (C=O) groups excluding carboxylic acids is 4. The number of phenolic OH excluding ortho intramolecular Hbond substituents is 1. The summed E-state index contributed by atoms with van der Waals surface area (Å²) in [5.41, 5.74) is 4.87. The maximum absolute atomic E-state index is 13.1. The molecule has 2 aromatic rings. The normalized spacial score (nSPS) is 15.4. The Labute approximate surface area is 244 Å². The predicted octanol–water partition coefficient (Wildman–Crippen LogP) is 3.68. The zero-order valence-electron chi connectivity index (χ0n) is 21.9. The smallest absolute Gasteiger partial charge is 0.410 e. The summed E-state index contributed by atoms with van der Waals surface area (Å²) >= 11 is 3.24. The number of urea groups is 1. The summed E-state index contributed by atoms with van der Waals surface area (Å²) < 4.78 is 6.01. The molecule has 0 spiro atoms. The third-order valence-electron chi connectivity index (χ3n) is 6.73. The number of anilines is 1. The van der Waals surface area contributed by atoms with Crippen molar-refractivity contribution in [3.8, 4) is 5.75 Å².